The Labute approximate surface area is 100 Å². The Bertz CT molecular complexity index is 389. The topological polar surface area (TPSA) is 47.1 Å². The van der Waals surface area contributed by atoms with E-state index in [1.165, 1.54) is 23.0 Å². The van der Waals surface area contributed by atoms with E-state index in [-0.39, 0.29) is 0 Å². The molecule has 1 fully saturated rings. The number of aromatic nitrogens is 2. The van der Waals surface area contributed by atoms with Gasteiger partial charge in [-0.2, -0.15) is 0 Å². The molecule has 2 N–H and O–H groups in total. The molecule has 88 valence electrons. The maximum Gasteiger partial charge on any atom is 0.168 e. The highest BCUT2D eigenvalue weighted by Crippen LogP contribution is 2.38. The lowest BCUT2D eigenvalue weighted by atomic mass is 9.98. The lowest BCUT2D eigenvalue weighted by Gasteiger charge is -2.24. The van der Waals surface area contributed by atoms with Crippen molar-refractivity contribution in [2.45, 2.75) is 24.2 Å². The van der Waals surface area contributed by atoms with Crippen molar-refractivity contribution in [2.75, 3.05) is 25.9 Å². The number of imidazole rings is 1. The van der Waals surface area contributed by atoms with E-state index in [1.807, 2.05) is 11.8 Å². The average Bonchev–Trinajstić information content (AvgIpc) is 2.92. The Balaban J connectivity index is 1.95. The first-order chi connectivity index (χ1) is 7.81. The minimum Gasteiger partial charge on any atom is -0.330 e. The maximum atomic E-state index is 5.88. The number of nitrogens with zero attached hydrogens (tertiary/aromatic N) is 3. The van der Waals surface area contributed by atoms with E-state index < -0.39 is 0 Å². The molecule has 16 heavy (non-hydrogen) atoms. The standard InChI is InChI=1S/C11H18N4S/c1-14-3-2-8(6-12)10(14)9-7-13-11-15(9)4-5-16-11/h7-8,10H,2-6,12H2,1H3. The first-order valence-electron chi connectivity index (χ1n) is 5.90. The summed E-state index contributed by atoms with van der Waals surface area (Å²) in [4.78, 5) is 6.92. The van der Waals surface area contributed by atoms with Crippen molar-refractivity contribution < 1.29 is 0 Å². The first kappa shape index (κ1) is 10.6. The number of likely N-dealkylation sites (tertiary alicyclic amines) is 1. The van der Waals surface area contributed by atoms with E-state index >= 15 is 0 Å². The number of hydrogen-bond donors (Lipinski definition) is 1. The summed E-state index contributed by atoms with van der Waals surface area (Å²) in [5, 5.41) is 1.19. The Morgan fingerprint density at radius 1 is 1.56 bits per heavy atom. The highest BCUT2D eigenvalue weighted by atomic mass is 32.2. The second kappa shape index (κ2) is 4.05. The zero-order chi connectivity index (χ0) is 11.1. The Hall–Kier alpha value is -0.520. The van der Waals surface area contributed by atoms with Crippen LogP contribution in [-0.4, -0.2) is 40.3 Å². The summed E-state index contributed by atoms with van der Waals surface area (Å²) in [5.41, 5.74) is 7.25. The van der Waals surface area contributed by atoms with Gasteiger partial charge in [-0.15, -0.1) is 0 Å². The number of rotatable bonds is 2. The van der Waals surface area contributed by atoms with Crippen LogP contribution in [-0.2, 0) is 6.54 Å². The summed E-state index contributed by atoms with van der Waals surface area (Å²) in [5.74, 6) is 1.76. The van der Waals surface area contributed by atoms with Gasteiger partial charge in [0.1, 0.15) is 0 Å². The van der Waals surface area contributed by atoms with Crippen LogP contribution in [0.1, 0.15) is 18.2 Å². The molecule has 2 unspecified atom stereocenters. The summed E-state index contributed by atoms with van der Waals surface area (Å²) in [6.07, 6.45) is 3.27. The van der Waals surface area contributed by atoms with Gasteiger partial charge in [0.05, 0.1) is 17.9 Å². The molecule has 5 heteroatoms. The predicted molar refractivity (Wildman–Crippen MR) is 65.5 cm³/mol. The molecule has 0 amide bonds. The first-order valence-corrected chi connectivity index (χ1v) is 6.88. The molecule has 0 aliphatic carbocycles. The van der Waals surface area contributed by atoms with Crippen LogP contribution in [0.15, 0.2) is 11.4 Å². The van der Waals surface area contributed by atoms with E-state index in [4.69, 9.17) is 5.73 Å². The third-order valence-electron chi connectivity index (χ3n) is 3.78. The van der Waals surface area contributed by atoms with Crippen molar-refractivity contribution in [1.29, 1.82) is 0 Å². The lowest BCUT2D eigenvalue weighted by Crippen LogP contribution is -2.27. The van der Waals surface area contributed by atoms with Gasteiger partial charge >= 0.3 is 0 Å². The second-order valence-corrected chi connectivity index (χ2v) is 5.74. The second-order valence-electron chi connectivity index (χ2n) is 4.68. The van der Waals surface area contributed by atoms with Gasteiger partial charge in [-0.1, -0.05) is 11.8 Å². The molecule has 0 saturated carbocycles. The van der Waals surface area contributed by atoms with Crippen LogP contribution in [0.5, 0.6) is 0 Å². The van der Waals surface area contributed by atoms with Crippen molar-refractivity contribution in [3.05, 3.63) is 11.9 Å². The molecule has 3 heterocycles. The van der Waals surface area contributed by atoms with Gasteiger partial charge in [-0.05, 0) is 32.5 Å². The molecular weight excluding hydrogens is 220 g/mol. The van der Waals surface area contributed by atoms with Gasteiger partial charge in [0.15, 0.2) is 5.16 Å². The predicted octanol–water partition coefficient (Wildman–Crippen LogP) is 0.940. The monoisotopic (exact) mass is 238 g/mol. The number of fused-ring (bicyclic) bond motifs is 1. The fourth-order valence-corrected chi connectivity index (χ4v) is 3.85. The average molecular weight is 238 g/mol. The molecule has 1 aromatic rings. The summed E-state index contributed by atoms with van der Waals surface area (Å²) in [6, 6.07) is 0.477. The van der Waals surface area contributed by atoms with Crippen molar-refractivity contribution in [2.24, 2.45) is 11.7 Å². The van der Waals surface area contributed by atoms with Crippen LogP contribution in [0.3, 0.4) is 0 Å². The lowest BCUT2D eigenvalue weighted by molar-refractivity contribution is 0.266. The highest BCUT2D eigenvalue weighted by Gasteiger charge is 2.35. The molecule has 0 spiro atoms. The molecule has 0 bridgehead atoms. The van der Waals surface area contributed by atoms with Crippen LogP contribution in [0.2, 0.25) is 0 Å². The van der Waals surface area contributed by atoms with E-state index in [9.17, 15) is 0 Å². The van der Waals surface area contributed by atoms with Gasteiger partial charge < -0.3 is 10.3 Å². The Morgan fingerprint density at radius 2 is 2.44 bits per heavy atom. The van der Waals surface area contributed by atoms with Gasteiger partial charge in [0.2, 0.25) is 0 Å². The fraction of sp³-hybridized carbons (Fsp3) is 0.727. The molecule has 3 rings (SSSR count). The van der Waals surface area contributed by atoms with Crippen LogP contribution in [0.4, 0.5) is 0 Å². The molecule has 0 radical (unpaired) electrons. The quantitative estimate of drug-likeness (QED) is 0.833. The molecule has 1 aromatic heterocycles. The molecule has 2 aliphatic heterocycles. The molecule has 0 aromatic carbocycles. The minimum absolute atomic E-state index is 0.477. The van der Waals surface area contributed by atoms with Crippen LogP contribution >= 0.6 is 11.8 Å². The van der Waals surface area contributed by atoms with E-state index in [2.05, 4.69) is 27.7 Å². The number of hydrogen-bond acceptors (Lipinski definition) is 4. The van der Waals surface area contributed by atoms with Crippen molar-refractivity contribution in [3.8, 4) is 0 Å². The van der Waals surface area contributed by atoms with Gasteiger partial charge in [0, 0.05) is 12.3 Å². The minimum atomic E-state index is 0.477. The van der Waals surface area contributed by atoms with Crippen LogP contribution < -0.4 is 5.73 Å². The number of nitrogens with two attached hydrogens (primary N) is 1. The van der Waals surface area contributed by atoms with Gasteiger partial charge in [-0.3, -0.25) is 4.90 Å². The largest absolute Gasteiger partial charge is 0.330 e. The van der Waals surface area contributed by atoms with E-state index in [0.717, 1.165) is 19.6 Å². The molecule has 2 aliphatic rings. The summed E-state index contributed by atoms with van der Waals surface area (Å²) in [7, 11) is 2.20. The van der Waals surface area contributed by atoms with Crippen molar-refractivity contribution >= 4 is 11.8 Å². The van der Waals surface area contributed by atoms with E-state index in [1.54, 1.807) is 0 Å². The fourth-order valence-electron chi connectivity index (χ4n) is 2.92. The van der Waals surface area contributed by atoms with Crippen molar-refractivity contribution in [1.82, 2.24) is 14.5 Å². The summed E-state index contributed by atoms with van der Waals surface area (Å²) >= 11 is 1.86. The van der Waals surface area contributed by atoms with Crippen LogP contribution in [0.25, 0.3) is 0 Å². The smallest absolute Gasteiger partial charge is 0.168 e. The van der Waals surface area contributed by atoms with Gasteiger partial charge in [0.25, 0.3) is 0 Å². The summed E-state index contributed by atoms with van der Waals surface area (Å²) < 4.78 is 2.37. The molecule has 4 nitrogen and oxygen atoms in total. The molecule has 1 saturated heterocycles. The van der Waals surface area contributed by atoms with E-state index in [0.29, 0.717) is 12.0 Å². The third-order valence-corrected chi connectivity index (χ3v) is 4.75. The van der Waals surface area contributed by atoms with Gasteiger partial charge in [-0.25, -0.2) is 4.98 Å². The number of thioether (sulfide) groups is 1. The normalized spacial score (nSPS) is 29.9. The van der Waals surface area contributed by atoms with Crippen LogP contribution in [0, 0.1) is 5.92 Å². The SMILES string of the molecule is CN1CCC(CN)C1c1cnc2n1CCS2. The zero-order valence-corrected chi connectivity index (χ0v) is 10.4. The third kappa shape index (κ3) is 1.49. The zero-order valence-electron chi connectivity index (χ0n) is 9.59. The highest BCUT2D eigenvalue weighted by molar-refractivity contribution is 7.99. The van der Waals surface area contributed by atoms with Crippen molar-refractivity contribution in [3.63, 3.8) is 0 Å². The molecule has 2 atom stereocenters. The molecular formula is C11H18N4S. The maximum absolute atomic E-state index is 5.88. The summed E-state index contributed by atoms with van der Waals surface area (Å²) in [6.45, 7) is 3.04. The Morgan fingerprint density at radius 3 is 3.25 bits per heavy atom. The Kier molecular flexibility index (Phi) is 2.69.